The van der Waals surface area contributed by atoms with Crippen LogP contribution < -0.4 is 5.32 Å². The predicted molar refractivity (Wildman–Crippen MR) is 67.8 cm³/mol. The van der Waals surface area contributed by atoms with E-state index < -0.39 is 0 Å². The van der Waals surface area contributed by atoms with Gasteiger partial charge in [-0.1, -0.05) is 12.1 Å². The molecular formula is C14H18N2. The van der Waals surface area contributed by atoms with Gasteiger partial charge in [0, 0.05) is 18.8 Å². The molecule has 3 rings (SSSR count). The monoisotopic (exact) mass is 214 g/mol. The zero-order chi connectivity index (χ0) is 11.0. The van der Waals surface area contributed by atoms with Crippen molar-refractivity contribution >= 4 is 10.9 Å². The Balaban J connectivity index is 1.99. The predicted octanol–water partition coefficient (Wildman–Crippen LogP) is 2.65. The summed E-state index contributed by atoms with van der Waals surface area (Å²) in [7, 11) is 2.12. The van der Waals surface area contributed by atoms with Crippen LogP contribution in [0.3, 0.4) is 0 Å². The zero-order valence-electron chi connectivity index (χ0n) is 9.74. The Labute approximate surface area is 96.3 Å². The molecule has 1 fully saturated rings. The number of nitrogens with zero attached hydrogens (tertiary/aromatic N) is 1. The first kappa shape index (κ1) is 9.91. The molecule has 1 aliphatic heterocycles. The first-order chi connectivity index (χ1) is 7.84. The van der Waals surface area contributed by atoms with E-state index in [9.17, 15) is 0 Å². The normalized spacial score (nSPS) is 18.1. The lowest BCUT2D eigenvalue weighted by atomic mass is 9.90. The van der Waals surface area contributed by atoms with Gasteiger partial charge in [-0.3, -0.25) is 0 Å². The van der Waals surface area contributed by atoms with Crippen molar-refractivity contribution in [1.29, 1.82) is 0 Å². The largest absolute Gasteiger partial charge is 0.351 e. The number of nitrogens with one attached hydrogen (secondary N) is 1. The molecule has 1 N–H and O–H groups in total. The Morgan fingerprint density at radius 1 is 1.19 bits per heavy atom. The number of benzene rings is 1. The minimum absolute atomic E-state index is 0.751. The van der Waals surface area contributed by atoms with Crippen LogP contribution in [0.15, 0.2) is 30.5 Å². The van der Waals surface area contributed by atoms with E-state index in [1.165, 1.54) is 29.3 Å². The second-order valence-electron chi connectivity index (χ2n) is 4.77. The highest BCUT2D eigenvalue weighted by molar-refractivity contribution is 5.80. The van der Waals surface area contributed by atoms with Gasteiger partial charge >= 0.3 is 0 Å². The number of hydrogen-bond donors (Lipinski definition) is 1. The van der Waals surface area contributed by atoms with E-state index in [0.29, 0.717) is 0 Å². The molecule has 0 saturated carbocycles. The van der Waals surface area contributed by atoms with Crippen LogP contribution in [0.25, 0.3) is 10.9 Å². The lowest BCUT2D eigenvalue weighted by Gasteiger charge is -2.23. The molecule has 0 amide bonds. The lowest BCUT2D eigenvalue weighted by Crippen LogP contribution is -2.26. The van der Waals surface area contributed by atoms with Crippen LogP contribution >= 0.6 is 0 Å². The van der Waals surface area contributed by atoms with Crippen LogP contribution in [0.2, 0.25) is 0 Å². The number of aromatic nitrogens is 1. The number of aryl methyl sites for hydroxylation is 1. The summed E-state index contributed by atoms with van der Waals surface area (Å²) in [6.45, 7) is 2.33. The summed E-state index contributed by atoms with van der Waals surface area (Å²) in [6.07, 6.45) is 4.68. The number of piperidine rings is 1. The summed E-state index contributed by atoms with van der Waals surface area (Å²) < 4.78 is 2.21. The fourth-order valence-corrected chi connectivity index (χ4v) is 2.69. The molecular weight excluding hydrogens is 196 g/mol. The fraction of sp³-hybridized carbons (Fsp3) is 0.429. The van der Waals surface area contributed by atoms with Gasteiger partial charge < -0.3 is 9.88 Å². The molecule has 1 aromatic heterocycles. The summed E-state index contributed by atoms with van der Waals surface area (Å²) >= 11 is 0. The first-order valence-corrected chi connectivity index (χ1v) is 6.10. The van der Waals surface area contributed by atoms with Crippen LogP contribution in [0.5, 0.6) is 0 Å². The van der Waals surface area contributed by atoms with Gasteiger partial charge in [-0.15, -0.1) is 0 Å². The molecule has 1 aliphatic rings. The molecule has 1 aromatic carbocycles. The molecule has 84 valence electrons. The average molecular weight is 214 g/mol. The Morgan fingerprint density at radius 3 is 2.81 bits per heavy atom. The number of fused-ring (bicyclic) bond motifs is 1. The molecule has 1 saturated heterocycles. The van der Waals surface area contributed by atoms with Crippen molar-refractivity contribution in [1.82, 2.24) is 9.88 Å². The van der Waals surface area contributed by atoms with Crippen LogP contribution in [0, 0.1) is 0 Å². The van der Waals surface area contributed by atoms with Gasteiger partial charge in [0.1, 0.15) is 0 Å². The second-order valence-corrected chi connectivity index (χ2v) is 4.77. The van der Waals surface area contributed by atoms with E-state index in [1.54, 1.807) is 0 Å². The van der Waals surface area contributed by atoms with Crippen molar-refractivity contribution in [3.63, 3.8) is 0 Å². The van der Waals surface area contributed by atoms with E-state index in [1.807, 2.05) is 0 Å². The maximum absolute atomic E-state index is 3.42. The summed E-state index contributed by atoms with van der Waals surface area (Å²) in [4.78, 5) is 0. The Kier molecular flexibility index (Phi) is 2.44. The molecule has 2 heteroatoms. The van der Waals surface area contributed by atoms with Crippen LogP contribution in [-0.2, 0) is 7.05 Å². The van der Waals surface area contributed by atoms with E-state index in [4.69, 9.17) is 0 Å². The Bertz CT molecular complexity index is 492. The molecule has 0 spiro atoms. The maximum Gasteiger partial charge on any atom is 0.0480 e. The van der Waals surface area contributed by atoms with E-state index in [-0.39, 0.29) is 0 Å². The van der Waals surface area contributed by atoms with E-state index in [0.717, 1.165) is 19.0 Å². The first-order valence-electron chi connectivity index (χ1n) is 6.10. The van der Waals surface area contributed by atoms with E-state index >= 15 is 0 Å². The highest BCUT2D eigenvalue weighted by atomic mass is 14.9. The summed E-state index contributed by atoms with van der Waals surface area (Å²) in [6, 6.07) is 9.11. The summed E-state index contributed by atoms with van der Waals surface area (Å²) in [5, 5.41) is 4.77. The van der Waals surface area contributed by atoms with Crippen molar-refractivity contribution in [2.45, 2.75) is 18.8 Å². The third-order valence-corrected chi connectivity index (χ3v) is 3.72. The Morgan fingerprint density at radius 2 is 2.00 bits per heavy atom. The maximum atomic E-state index is 3.42. The highest BCUT2D eigenvalue weighted by Crippen LogP contribution is 2.28. The van der Waals surface area contributed by atoms with Gasteiger partial charge in [0.25, 0.3) is 0 Å². The third kappa shape index (κ3) is 1.63. The second kappa shape index (κ2) is 3.95. The lowest BCUT2D eigenvalue weighted by molar-refractivity contribution is 0.460. The molecule has 2 nitrogen and oxygen atoms in total. The van der Waals surface area contributed by atoms with Crippen molar-refractivity contribution in [2.24, 2.45) is 7.05 Å². The van der Waals surface area contributed by atoms with Crippen molar-refractivity contribution in [3.8, 4) is 0 Å². The molecule has 0 bridgehead atoms. The standard InChI is InChI=1S/C14H18N2/c1-16-9-6-12-2-3-13(10-14(12)16)11-4-7-15-8-5-11/h2-3,6,9-11,15H,4-5,7-8H2,1H3. The van der Waals surface area contributed by atoms with Crippen molar-refractivity contribution in [2.75, 3.05) is 13.1 Å². The third-order valence-electron chi connectivity index (χ3n) is 3.72. The summed E-state index contributed by atoms with van der Waals surface area (Å²) in [5.74, 6) is 0.751. The van der Waals surface area contributed by atoms with Crippen LogP contribution in [0.1, 0.15) is 24.3 Å². The fourth-order valence-electron chi connectivity index (χ4n) is 2.69. The molecule has 0 aliphatic carbocycles. The average Bonchev–Trinajstić information content (AvgIpc) is 2.72. The van der Waals surface area contributed by atoms with Gasteiger partial charge in [0.15, 0.2) is 0 Å². The molecule has 2 aromatic rings. The molecule has 0 radical (unpaired) electrons. The minimum atomic E-state index is 0.751. The SMILES string of the molecule is Cn1ccc2ccc(C3CCNCC3)cc21. The minimum Gasteiger partial charge on any atom is -0.351 e. The van der Waals surface area contributed by atoms with Crippen LogP contribution in [-0.4, -0.2) is 17.7 Å². The number of rotatable bonds is 1. The topological polar surface area (TPSA) is 17.0 Å². The molecule has 16 heavy (non-hydrogen) atoms. The molecule has 2 heterocycles. The van der Waals surface area contributed by atoms with Gasteiger partial charge in [0.05, 0.1) is 0 Å². The van der Waals surface area contributed by atoms with E-state index in [2.05, 4.69) is 47.4 Å². The zero-order valence-corrected chi connectivity index (χ0v) is 9.74. The number of hydrogen-bond acceptors (Lipinski definition) is 1. The quantitative estimate of drug-likeness (QED) is 0.772. The van der Waals surface area contributed by atoms with Gasteiger partial charge in [-0.25, -0.2) is 0 Å². The van der Waals surface area contributed by atoms with Gasteiger partial charge in [-0.2, -0.15) is 0 Å². The summed E-state index contributed by atoms with van der Waals surface area (Å²) in [5.41, 5.74) is 2.87. The Hall–Kier alpha value is -1.28. The van der Waals surface area contributed by atoms with Gasteiger partial charge in [0.2, 0.25) is 0 Å². The molecule has 0 atom stereocenters. The highest BCUT2D eigenvalue weighted by Gasteiger charge is 2.15. The smallest absolute Gasteiger partial charge is 0.0480 e. The van der Waals surface area contributed by atoms with Crippen molar-refractivity contribution in [3.05, 3.63) is 36.0 Å². The van der Waals surface area contributed by atoms with Crippen LogP contribution in [0.4, 0.5) is 0 Å². The van der Waals surface area contributed by atoms with Gasteiger partial charge in [-0.05, 0) is 54.9 Å². The molecule has 0 unspecified atom stereocenters. The van der Waals surface area contributed by atoms with Crippen molar-refractivity contribution < 1.29 is 0 Å².